The lowest BCUT2D eigenvalue weighted by molar-refractivity contribution is 0.138. The lowest BCUT2D eigenvalue weighted by Crippen LogP contribution is -2.57. The van der Waals surface area contributed by atoms with Crippen LogP contribution < -0.4 is 4.72 Å². The summed E-state index contributed by atoms with van der Waals surface area (Å²) in [5.74, 6) is 0.605. The Kier molecular flexibility index (Phi) is 4.87. The van der Waals surface area contributed by atoms with Gasteiger partial charge in [0, 0.05) is 13.1 Å². The van der Waals surface area contributed by atoms with E-state index in [2.05, 4.69) is 11.6 Å². The van der Waals surface area contributed by atoms with Crippen molar-refractivity contribution in [3.8, 4) is 0 Å². The van der Waals surface area contributed by atoms with E-state index in [0.29, 0.717) is 19.0 Å². The molecule has 0 aromatic heterocycles. The Balaban J connectivity index is 2.03. The van der Waals surface area contributed by atoms with Crippen molar-refractivity contribution in [1.29, 1.82) is 0 Å². The van der Waals surface area contributed by atoms with Gasteiger partial charge in [-0.2, -0.15) is 17.4 Å². The maximum Gasteiger partial charge on any atom is 0.280 e. The van der Waals surface area contributed by atoms with Crippen LogP contribution in [0.3, 0.4) is 0 Å². The van der Waals surface area contributed by atoms with E-state index in [1.807, 2.05) is 0 Å². The highest BCUT2D eigenvalue weighted by Crippen LogP contribution is 2.29. The third-order valence-electron chi connectivity index (χ3n) is 4.54. The second-order valence-electron chi connectivity index (χ2n) is 6.19. The first-order valence-electron chi connectivity index (χ1n) is 7.37. The highest BCUT2D eigenvalue weighted by Gasteiger charge is 2.38. The van der Waals surface area contributed by atoms with Gasteiger partial charge in [0.2, 0.25) is 0 Å². The highest BCUT2D eigenvalue weighted by molar-refractivity contribution is 7.87. The zero-order chi connectivity index (χ0) is 13.9. The minimum absolute atomic E-state index is 0.101. The molecule has 0 unspecified atom stereocenters. The van der Waals surface area contributed by atoms with Crippen molar-refractivity contribution < 1.29 is 13.5 Å². The maximum atomic E-state index is 12.4. The molecule has 2 N–H and O–H groups in total. The van der Waals surface area contributed by atoms with Crippen molar-refractivity contribution >= 4 is 10.2 Å². The van der Waals surface area contributed by atoms with Gasteiger partial charge in [0.1, 0.15) is 0 Å². The number of rotatable bonds is 4. The number of hydrogen-bond acceptors (Lipinski definition) is 3. The van der Waals surface area contributed by atoms with Crippen LogP contribution in [0.2, 0.25) is 0 Å². The first-order valence-corrected chi connectivity index (χ1v) is 8.81. The van der Waals surface area contributed by atoms with Gasteiger partial charge in [0.15, 0.2) is 0 Å². The van der Waals surface area contributed by atoms with E-state index in [-0.39, 0.29) is 6.61 Å². The summed E-state index contributed by atoms with van der Waals surface area (Å²) in [6, 6.07) is 0. The second kappa shape index (κ2) is 6.08. The lowest BCUT2D eigenvalue weighted by Gasteiger charge is -2.39. The first kappa shape index (κ1) is 15.2. The zero-order valence-electron chi connectivity index (χ0n) is 11.8. The molecule has 0 amide bonds. The first-order chi connectivity index (χ1) is 8.97. The van der Waals surface area contributed by atoms with Crippen LogP contribution in [0.25, 0.3) is 0 Å². The highest BCUT2D eigenvalue weighted by atomic mass is 32.2. The van der Waals surface area contributed by atoms with E-state index in [4.69, 9.17) is 0 Å². The van der Waals surface area contributed by atoms with Gasteiger partial charge in [-0.3, -0.25) is 0 Å². The fourth-order valence-corrected chi connectivity index (χ4v) is 4.72. The molecule has 0 aromatic rings. The Morgan fingerprint density at radius 2 is 1.79 bits per heavy atom. The number of hydrogen-bond donors (Lipinski definition) is 2. The molecule has 19 heavy (non-hydrogen) atoms. The van der Waals surface area contributed by atoms with Crippen LogP contribution in [-0.2, 0) is 10.2 Å². The summed E-state index contributed by atoms with van der Waals surface area (Å²) in [4.78, 5) is 0. The summed E-state index contributed by atoms with van der Waals surface area (Å²) in [6.07, 6.45) is 6.44. The molecule has 0 radical (unpaired) electrons. The van der Waals surface area contributed by atoms with Gasteiger partial charge in [0.05, 0.1) is 12.1 Å². The Morgan fingerprint density at radius 1 is 1.21 bits per heavy atom. The van der Waals surface area contributed by atoms with Crippen molar-refractivity contribution in [3.05, 3.63) is 0 Å². The minimum atomic E-state index is -3.45. The van der Waals surface area contributed by atoms with E-state index in [1.165, 1.54) is 0 Å². The van der Waals surface area contributed by atoms with Crippen LogP contribution in [0.4, 0.5) is 0 Å². The van der Waals surface area contributed by atoms with Gasteiger partial charge >= 0.3 is 0 Å². The molecule has 112 valence electrons. The molecule has 1 heterocycles. The average molecular weight is 290 g/mol. The van der Waals surface area contributed by atoms with Crippen LogP contribution in [-0.4, -0.2) is 43.1 Å². The summed E-state index contributed by atoms with van der Waals surface area (Å²) in [5.41, 5.74) is -0.625. The zero-order valence-corrected chi connectivity index (χ0v) is 12.6. The molecule has 0 bridgehead atoms. The number of nitrogens with zero attached hydrogens (tertiary/aromatic N) is 1. The molecule has 0 spiro atoms. The Bertz CT molecular complexity index is 383. The normalized spacial score (nSPS) is 26.4. The van der Waals surface area contributed by atoms with Gasteiger partial charge in [-0.15, -0.1) is 0 Å². The molecule has 1 aliphatic carbocycles. The fourth-order valence-electron chi connectivity index (χ4n) is 3.08. The van der Waals surface area contributed by atoms with Gasteiger partial charge in [0.25, 0.3) is 10.2 Å². The summed E-state index contributed by atoms with van der Waals surface area (Å²) in [5, 5.41) is 9.60. The molecule has 6 heteroatoms. The molecule has 2 aliphatic rings. The molecule has 0 atom stereocenters. The predicted octanol–water partition coefficient (Wildman–Crippen LogP) is 1.25. The van der Waals surface area contributed by atoms with Crippen molar-refractivity contribution in [1.82, 2.24) is 9.03 Å². The van der Waals surface area contributed by atoms with Crippen molar-refractivity contribution in [2.24, 2.45) is 5.92 Å². The van der Waals surface area contributed by atoms with Gasteiger partial charge < -0.3 is 5.11 Å². The van der Waals surface area contributed by atoms with Crippen LogP contribution >= 0.6 is 0 Å². The number of aliphatic hydroxyl groups excluding tert-OH is 1. The largest absolute Gasteiger partial charge is 0.394 e. The summed E-state index contributed by atoms with van der Waals surface area (Å²) in [7, 11) is -3.45. The van der Waals surface area contributed by atoms with E-state index in [1.54, 1.807) is 4.31 Å². The van der Waals surface area contributed by atoms with E-state index >= 15 is 0 Å². The lowest BCUT2D eigenvalue weighted by atomic mass is 9.83. The molecule has 2 rings (SSSR count). The molecular weight excluding hydrogens is 264 g/mol. The second-order valence-corrected chi connectivity index (χ2v) is 7.86. The third kappa shape index (κ3) is 3.68. The Labute approximate surface area is 116 Å². The average Bonchev–Trinajstić information content (AvgIpc) is 2.40. The Hall–Kier alpha value is -0.170. The molecule has 5 nitrogen and oxygen atoms in total. The van der Waals surface area contributed by atoms with Crippen LogP contribution in [0.5, 0.6) is 0 Å². The van der Waals surface area contributed by atoms with E-state index in [0.717, 1.165) is 44.9 Å². The summed E-state index contributed by atoms with van der Waals surface area (Å²) < 4.78 is 29.2. The fraction of sp³-hybridized carbons (Fsp3) is 1.00. The third-order valence-corrected chi connectivity index (χ3v) is 6.28. The van der Waals surface area contributed by atoms with Gasteiger partial charge in [-0.05, 0) is 31.6 Å². The molecule has 1 saturated carbocycles. The monoisotopic (exact) mass is 290 g/mol. The number of aliphatic hydroxyl groups is 1. The molecular formula is C13H26N2O3S. The van der Waals surface area contributed by atoms with Gasteiger partial charge in [-0.1, -0.05) is 26.2 Å². The van der Waals surface area contributed by atoms with Gasteiger partial charge in [-0.25, -0.2) is 0 Å². The smallest absolute Gasteiger partial charge is 0.280 e. The molecule has 1 saturated heterocycles. The standard InChI is InChI=1S/C13H26N2O3S/c1-12-5-9-15(10-6-12)19(17,18)14-13(11-16)7-3-2-4-8-13/h12,14,16H,2-11H2,1H3. The predicted molar refractivity (Wildman–Crippen MR) is 74.9 cm³/mol. The number of piperidine rings is 1. The van der Waals surface area contributed by atoms with Crippen molar-refractivity contribution in [2.45, 2.75) is 57.4 Å². The van der Waals surface area contributed by atoms with Crippen LogP contribution in [0.1, 0.15) is 51.9 Å². The van der Waals surface area contributed by atoms with E-state index in [9.17, 15) is 13.5 Å². The summed E-state index contributed by atoms with van der Waals surface area (Å²) >= 11 is 0. The Morgan fingerprint density at radius 3 is 2.32 bits per heavy atom. The van der Waals surface area contributed by atoms with Crippen molar-refractivity contribution in [2.75, 3.05) is 19.7 Å². The quantitative estimate of drug-likeness (QED) is 0.818. The van der Waals surface area contributed by atoms with E-state index < -0.39 is 15.7 Å². The maximum absolute atomic E-state index is 12.4. The number of nitrogens with one attached hydrogen (secondary N) is 1. The topological polar surface area (TPSA) is 69.6 Å². The molecule has 1 aliphatic heterocycles. The minimum Gasteiger partial charge on any atom is -0.394 e. The molecule has 0 aromatic carbocycles. The van der Waals surface area contributed by atoms with Crippen LogP contribution in [0, 0.1) is 5.92 Å². The SMILES string of the molecule is CC1CCN(S(=O)(=O)NC2(CO)CCCCC2)CC1. The molecule has 2 fully saturated rings. The van der Waals surface area contributed by atoms with Crippen molar-refractivity contribution in [3.63, 3.8) is 0 Å². The van der Waals surface area contributed by atoms with Crippen LogP contribution in [0.15, 0.2) is 0 Å². The summed E-state index contributed by atoms with van der Waals surface area (Å²) in [6.45, 7) is 3.25.